The van der Waals surface area contributed by atoms with Crippen molar-refractivity contribution >= 4 is 5.78 Å². The summed E-state index contributed by atoms with van der Waals surface area (Å²) in [5.74, 6) is 5.19. The maximum absolute atomic E-state index is 12.2. The summed E-state index contributed by atoms with van der Waals surface area (Å²) in [5.41, 5.74) is 1.49. The molecule has 5 saturated carbocycles. The zero-order chi connectivity index (χ0) is 21.5. The maximum atomic E-state index is 12.2. The Morgan fingerprint density at radius 1 is 1.03 bits per heavy atom. The van der Waals surface area contributed by atoms with Crippen LogP contribution in [0.25, 0.3) is 0 Å². The summed E-state index contributed by atoms with van der Waals surface area (Å²) >= 11 is 0. The minimum atomic E-state index is 0.106. The molecule has 2 nitrogen and oxygen atoms in total. The molecule has 168 valence electrons. The molecule has 0 aromatic heterocycles. The predicted octanol–water partition coefficient (Wildman–Crippen LogP) is 6.69. The van der Waals surface area contributed by atoms with Gasteiger partial charge in [-0.25, -0.2) is 0 Å². The van der Waals surface area contributed by atoms with Gasteiger partial charge in [-0.1, -0.05) is 40.7 Å². The molecule has 0 aromatic carbocycles. The van der Waals surface area contributed by atoms with Gasteiger partial charge in [-0.05, 0) is 104 Å². The Morgan fingerprint density at radius 2 is 1.80 bits per heavy atom. The highest BCUT2D eigenvalue weighted by atomic mass is 16.5. The van der Waals surface area contributed by atoms with E-state index in [2.05, 4.69) is 26.8 Å². The van der Waals surface area contributed by atoms with Crippen molar-refractivity contribution in [1.82, 2.24) is 0 Å². The van der Waals surface area contributed by atoms with Crippen molar-refractivity contribution in [2.75, 3.05) is 7.11 Å². The number of carbonyl (C=O) groups excluding carboxylic acids is 1. The molecule has 0 saturated heterocycles. The molecule has 5 aliphatic carbocycles. The van der Waals surface area contributed by atoms with Gasteiger partial charge in [-0.2, -0.15) is 0 Å². The molecule has 0 amide bonds. The Morgan fingerprint density at radius 3 is 2.47 bits per heavy atom. The zero-order valence-corrected chi connectivity index (χ0v) is 20.2. The highest BCUT2D eigenvalue weighted by Gasteiger charge is 2.77. The largest absolute Gasteiger partial charge is 0.381 e. The van der Waals surface area contributed by atoms with Crippen LogP contribution in [0.4, 0.5) is 0 Å². The van der Waals surface area contributed by atoms with Gasteiger partial charge in [0.15, 0.2) is 5.78 Å². The van der Waals surface area contributed by atoms with Gasteiger partial charge in [0.1, 0.15) is 0 Å². The van der Waals surface area contributed by atoms with Crippen molar-refractivity contribution in [1.29, 1.82) is 0 Å². The van der Waals surface area contributed by atoms with E-state index in [-0.39, 0.29) is 11.7 Å². The summed E-state index contributed by atoms with van der Waals surface area (Å²) in [7, 11) is 1.99. The fourth-order valence-electron chi connectivity index (χ4n) is 10.1. The number of ether oxygens (including phenoxy) is 1. The van der Waals surface area contributed by atoms with Crippen molar-refractivity contribution in [2.45, 2.75) is 92.1 Å². The lowest BCUT2D eigenvalue weighted by Gasteiger charge is -2.61. The summed E-state index contributed by atoms with van der Waals surface area (Å²) in [6, 6.07) is 0. The quantitative estimate of drug-likeness (QED) is 0.470. The molecule has 30 heavy (non-hydrogen) atoms. The monoisotopic (exact) mass is 412 g/mol. The predicted molar refractivity (Wildman–Crippen MR) is 122 cm³/mol. The minimum absolute atomic E-state index is 0.106. The Hall–Kier alpha value is -0.630. The average molecular weight is 413 g/mol. The molecule has 1 unspecified atom stereocenters. The topological polar surface area (TPSA) is 26.3 Å². The number of allylic oxidation sites excluding steroid dienone is 2. The second-order valence-corrected chi connectivity index (χ2v) is 12.7. The molecule has 0 heterocycles. The number of fused-ring (bicyclic) bond motifs is 4. The number of hydrogen-bond donors (Lipinski definition) is 0. The van der Waals surface area contributed by atoms with Crippen molar-refractivity contribution in [3.8, 4) is 0 Å². The van der Waals surface area contributed by atoms with E-state index in [9.17, 15) is 4.79 Å². The molecule has 5 aliphatic rings. The third kappa shape index (κ3) is 2.61. The van der Waals surface area contributed by atoms with Crippen LogP contribution in [-0.4, -0.2) is 19.0 Å². The van der Waals surface area contributed by atoms with Crippen LogP contribution in [0.3, 0.4) is 0 Å². The first-order chi connectivity index (χ1) is 14.2. The Bertz CT molecular complexity index is 739. The van der Waals surface area contributed by atoms with Gasteiger partial charge in [0, 0.05) is 18.4 Å². The lowest BCUT2D eigenvalue weighted by molar-refractivity contribution is -0.160. The molecule has 5 fully saturated rings. The van der Waals surface area contributed by atoms with E-state index >= 15 is 0 Å². The van der Waals surface area contributed by atoms with Gasteiger partial charge < -0.3 is 4.74 Å². The van der Waals surface area contributed by atoms with Crippen LogP contribution in [0.5, 0.6) is 0 Å². The number of rotatable bonds is 5. The van der Waals surface area contributed by atoms with E-state index < -0.39 is 0 Å². The van der Waals surface area contributed by atoms with Crippen LogP contribution in [-0.2, 0) is 9.53 Å². The van der Waals surface area contributed by atoms with Crippen molar-refractivity contribution in [3.63, 3.8) is 0 Å². The molecule has 2 heteroatoms. The highest BCUT2D eigenvalue weighted by molar-refractivity contribution is 5.91. The fraction of sp³-hybridized carbons (Fsp3) is 0.893. The Balaban J connectivity index is 1.39. The lowest BCUT2D eigenvalue weighted by atomic mass is 9.45. The lowest BCUT2D eigenvalue weighted by Crippen LogP contribution is -2.57. The van der Waals surface area contributed by atoms with Gasteiger partial charge in [0.25, 0.3) is 0 Å². The van der Waals surface area contributed by atoms with Crippen LogP contribution in [0, 0.1) is 57.7 Å². The molecule has 1 spiro atoms. The summed E-state index contributed by atoms with van der Waals surface area (Å²) in [6.07, 6.45) is 15.8. The molecule has 0 bridgehead atoms. The second kappa shape index (κ2) is 6.93. The molecular weight excluding hydrogens is 368 g/mol. The molecule has 10 atom stereocenters. The normalized spacial score (nSPS) is 52.6. The van der Waals surface area contributed by atoms with Crippen LogP contribution in [0.15, 0.2) is 12.2 Å². The van der Waals surface area contributed by atoms with Crippen LogP contribution in [0.1, 0.15) is 86.0 Å². The third-order valence-corrected chi connectivity index (χ3v) is 11.7. The average Bonchev–Trinajstić information content (AvgIpc) is 3.22. The summed E-state index contributed by atoms with van der Waals surface area (Å²) < 4.78 is 6.26. The van der Waals surface area contributed by atoms with E-state index in [1.807, 2.05) is 27.0 Å². The molecular formula is C28H44O2. The first-order valence-corrected chi connectivity index (χ1v) is 12.9. The number of methoxy groups -OCH3 is 1. The zero-order valence-electron chi connectivity index (χ0n) is 20.2. The number of hydrogen-bond acceptors (Lipinski definition) is 2. The maximum Gasteiger partial charge on any atom is 0.157 e. The van der Waals surface area contributed by atoms with E-state index in [0.29, 0.717) is 28.3 Å². The van der Waals surface area contributed by atoms with Crippen LogP contribution < -0.4 is 0 Å². The standard InChI is InChI=1S/C28H44O2/c1-17(2)24(29)10-7-18(3)21-8-9-22-20-15-25(30-6)28-16-19(28)11-14-27(28,5)23(20)12-13-26(21,22)4/h7,10,17-23,25H,8-9,11-16H2,1-6H3/b10-7+/t18-,19+,20+,21-,22+,23+,25-,26-,27-,28?/m1/s1. The highest BCUT2D eigenvalue weighted by Crippen LogP contribution is 2.82. The third-order valence-electron chi connectivity index (χ3n) is 11.7. The van der Waals surface area contributed by atoms with Crippen molar-refractivity contribution in [3.05, 3.63) is 12.2 Å². The van der Waals surface area contributed by atoms with Crippen molar-refractivity contribution in [2.24, 2.45) is 57.7 Å². The Labute approximate surface area is 184 Å². The van der Waals surface area contributed by atoms with E-state index in [1.165, 1.54) is 51.4 Å². The molecule has 0 radical (unpaired) electrons. The van der Waals surface area contributed by atoms with E-state index in [4.69, 9.17) is 4.74 Å². The van der Waals surface area contributed by atoms with Crippen LogP contribution >= 0.6 is 0 Å². The van der Waals surface area contributed by atoms with Gasteiger partial charge in [-0.15, -0.1) is 0 Å². The summed E-state index contributed by atoms with van der Waals surface area (Å²) in [5, 5.41) is 0. The summed E-state index contributed by atoms with van der Waals surface area (Å²) in [4.78, 5) is 12.2. The molecule has 0 N–H and O–H groups in total. The molecule has 0 aliphatic heterocycles. The number of carbonyl (C=O) groups is 1. The molecule has 0 aromatic rings. The minimum Gasteiger partial charge on any atom is -0.381 e. The number of ketones is 1. The van der Waals surface area contributed by atoms with Crippen molar-refractivity contribution < 1.29 is 9.53 Å². The summed E-state index contributed by atoms with van der Waals surface area (Å²) in [6.45, 7) is 11.7. The Kier molecular flexibility index (Phi) is 4.91. The van der Waals surface area contributed by atoms with Crippen LogP contribution in [0.2, 0.25) is 0 Å². The van der Waals surface area contributed by atoms with E-state index in [0.717, 1.165) is 29.6 Å². The second-order valence-electron chi connectivity index (χ2n) is 12.7. The first kappa shape index (κ1) is 21.2. The smallest absolute Gasteiger partial charge is 0.157 e. The molecule has 5 rings (SSSR count). The van der Waals surface area contributed by atoms with Gasteiger partial charge in [0.05, 0.1) is 6.10 Å². The van der Waals surface area contributed by atoms with Gasteiger partial charge in [0.2, 0.25) is 0 Å². The van der Waals surface area contributed by atoms with Gasteiger partial charge >= 0.3 is 0 Å². The fourth-order valence-corrected chi connectivity index (χ4v) is 10.1. The SMILES string of the molecule is CO[C@@H]1C[C@H]2[C@@H]3CC[C@H]([C@H](C)/C=C/C(=O)C(C)C)[C@@]3(C)CC[C@@H]2[C@@]2(C)CC[C@H]3CC312. The first-order valence-electron chi connectivity index (χ1n) is 12.9. The van der Waals surface area contributed by atoms with E-state index in [1.54, 1.807) is 0 Å². The van der Waals surface area contributed by atoms with Gasteiger partial charge in [-0.3, -0.25) is 4.79 Å².